The number of rotatable bonds is 2. The second kappa shape index (κ2) is 2.74. The topological polar surface area (TPSA) is 80.7 Å². The number of carbonyl (C=O) groups excluding carboxylic acids is 1. The van der Waals surface area contributed by atoms with Crippen molar-refractivity contribution in [1.82, 2.24) is 0 Å². The number of carbonyl (C=O) groups is 1. The second-order valence-electron chi connectivity index (χ2n) is 1.18. The lowest BCUT2D eigenvalue weighted by atomic mass is 10.8. The lowest BCUT2D eigenvalue weighted by molar-refractivity contribution is -0.180. The standard InChI is InChI=1S/C2H3FO5S/c3-8-2(4)1-9(5,6)7/h1H2,(H,5,6,7). The Kier molecular flexibility index (Phi) is 2.53. The molecular weight excluding hydrogens is 155 g/mol. The summed E-state index contributed by atoms with van der Waals surface area (Å²) in [5, 5.41) is 0. The molecule has 0 aliphatic rings. The van der Waals surface area contributed by atoms with Gasteiger partial charge in [0.1, 0.15) is 0 Å². The predicted octanol–water partition coefficient (Wildman–Crippen LogP) is -0.698. The molecule has 0 aliphatic carbocycles. The Labute approximate surface area is 50.1 Å². The van der Waals surface area contributed by atoms with Gasteiger partial charge in [-0.15, -0.1) is 0 Å². The van der Waals surface area contributed by atoms with Gasteiger partial charge < -0.3 is 0 Å². The van der Waals surface area contributed by atoms with Crippen LogP contribution in [0.1, 0.15) is 0 Å². The largest absolute Gasteiger partial charge is 0.366 e. The zero-order valence-electron chi connectivity index (χ0n) is 4.07. The van der Waals surface area contributed by atoms with Crippen LogP contribution in [-0.4, -0.2) is 24.7 Å². The Morgan fingerprint density at radius 3 is 2.22 bits per heavy atom. The van der Waals surface area contributed by atoms with Crippen LogP contribution in [-0.2, 0) is 19.9 Å². The van der Waals surface area contributed by atoms with Crippen molar-refractivity contribution in [2.24, 2.45) is 0 Å². The van der Waals surface area contributed by atoms with Crippen LogP contribution in [0.3, 0.4) is 0 Å². The summed E-state index contributed by atoms with van der Waals surface area (Å²) in [6.07, 6.45) is 0. The number of hydrogen-bond acceptors (Lipinski definition) is 4. The van der Waals surface area contributed by atoms with Crippen molar-refractivity contribution in [2.45, 2.75) is 0 Å². The monoisotopic (exact) mass is 158 g/mol. The summed E-state index contributed by atoms with van der Waals surface area (Å²) in [4.78, 5) is 12.1. The summed E-state index contributed by atoms with van der Waals surface area (Å²) >= 11 is 0. The highest BCUT2D eigenvalue weighted by Crippen LogP contribution is 1.85. The zero-order valence-corrected chi connectivity index (χ0v) is 4.89. The zero-order chi connectivity index (χ0) is 7.49. The van der Waals surface area contributed by atoms with Crippen molar-refractivity contribution in [1.29, 1.82) is 0 Å². The first kappa shape index (κ1) is 8.31. The molecule has 0 heterocycles. The van der Waals surface area contributed by atoms with E-state index in [9.17, 15) is 17.7 Å². The van der Waals surface area contributed by atoms with Crippen LogP contribution in [0, 0.1) is 0 Å². The Bertz CT molecular complexity index is 193. The summed E-state index contributed by atoms with van der Waals surface area (Å²) in [6.45, 7) is 0. The van der Waals surface area contributed by atoms with Gasteiger partial charge in [0.05, 0.1) is 0 Å². The molecule has 0 aromatic carbocycles. The molecule has 0 aromatic heterocycles. The van der Waals surface area contributed by atoms with E-state index in [1.54, 1.807) is 0 Å². The highest BCUT2D eigenvalue weighted by Gasteiger charge is 2.14. The van der Waals surface area contributed by atoms with Gasteiger partial charge in [0.15, 0.2) is 5.75 Å². The maximum atomic E-state index is 10.7. The molecule has 0 saturated heterocycles. The lowest BCUT2D eigenvalue weighted by Gasteiger charge is -1.88. The highest BCUT2D eigenvalue weighted by molar-refractivity contribution is 7.86. The second-order valence-corrected chi connectivity index (χ2v) is 2.63. The molecule has 0 bridgehead atoms. The fraction of sp³-hybridized carbons (Fsp3) is 0.500. The molecule has 7 heteroatoms. The van der Waals surface area contributed by atoms with Crippen LogP contribution < -0.4 is 0 Å². The molecule has 9 heavy (non-hydrogen) atoms. The van der Waals surface area contributed by atoms with E-state index < -0.39 is 21.8 Å². The Hall–Kier alpha value is -0.690. The van der Waals surface area contributed by atoms with Crippen molar-refractivity contribution in [3.63, 3.8) is 0 Å². The Morgan fingerprint density at radius 2 is 2.11 bits per heavy atom. The molecule has 54 valence electrons. The van der Waals surface area contributed by atoms with Gasteiger partial charge in [-0.1, -0.05) is 0 Å². The van der Waals surface area contributed by atoms with Crippen molar-refractivity contribution >= 4 is 16.1 Å². The molecule has 0 radical (unpaired) electrons. The predicted molar refractivity (Wildman–Crippen MR) is 23.6 cm³/mol. The average molecular weight is 158 g/mol. The SMILES string of the molecule is O=C(CS(=O)(=O)O)OF. The minimum atomic E-state index is -4.45. The van der Waals surface area contributed by atoms with Gasteiger partial charge in [-0.2, -0.15) is 8.42 Å². The number of hydrogen-bond donors (Lipinski definition) is 1. The van der Waals surface area contributed by atoms with Crippen molar-refractivity contribution in [2.75, 3.05) is 5.75 Å². The first-order valence-electron chi connectivity index (χ1n) is 1.72. The molecule has 0 aromatic rings. The Balaban J connectivity index is 3.91. The minimum absolute atomic E-state index is 1.36. The number of halogens is 1. The third-order valence-electron chi connectivity index (χ3n) is 0.386. The van der Waals surface area contributed by atoms with Crippen molar-refractivity contribution in [3.8, 4) is 0 Å². The molecular formula is C2H3FO5S. The first-order chi connectivity index (χ1) is 3.95. The fourth-order valence-electron chi connectivity index (χ4n) is 0.171. The maximum absolute atomic E-state index is 10.7. The lowest BCUT2D eigenvalue weighted by Crippen LogP contribution is -2.14. The van der Waals surface area contributed by atoms with E-state index in [4.69, 9.17) is 4.55 Å². The summed E-state index contributed by atoms with van der Waals surface area (Å²) in [6, 6.07) is 0. The van der Waals surface area contributed by atoms with E-state index in [1.807, 2.05) is 0 Å². The molecule has 0 amide bonds. The molecule has 0 spiro atoms. The highest BCUT2D eigenvalue weighted by atomic mass is 32.2. The molecule has 0 fully saturated rings. The van der Waals surface area contributed by atoms with Gasteiger partial charge >= 0.3 is 5.97 Å². The molecule has 0 saturated carbocycles. The van der Waals surface area contributed by atoms with Crippen molar-refractivity contribution in [3.05, 3.63) is 0 Å². The van der Waals surface area contributed by atoms with E-state index in [-0.39, 0.29) is 0 Å². The minimum Gasteiger partial charge on any atom is -0.285 e. The van der Waals surface area contributed by atoms with Gasteiger partial charge in [0.25, 0.3) is 10.1 Å². The van der Waals surface area contributed by atoms with E-state index in [1.165, 1.54) is 0 Å². The normalized spacial score (nSPS) is 10.9. The van der Waals surface area contributed by atoms with Crippen LogP contribution in [0.4, 0.5) is 4.53 Å². The van der Waals surface area contributed by atoms with Crippen LogP contribution in [0.25, 0.3) is 0 Å². The van der Waals surface area contributed by atoms with Gasteiger partial charge in [0, 0.05) is 4.53 Å². The third-order valence-corrected chi connectivity index (χ3v) is 0.987. The van der Waals surface area contributed by atoms with Crippen LogP contribution >= 0.6 is 0 Å². The van der Waals surface area contributed by atoms with Gasteiger partial charge in [-0.05, 0) is 0 Å². The Morgan fingerprint density at radius 1 is 1.67 bits per heavy atom. The van der Waals surface area contributed by atoms with E-state index >= 15 is 0 Å². The summed E-state index contributed by atoms with van der Waals surface area (Å²) in [5.74, 6) is -3.00. The van der Waals surface area contributed by atoms with E-state index in [0.717, 1.165) is 0 Å². The third kappa shape index (κ3) is 5.18. The fourth-order valence-corrected chi connectivity index (χ4v) is 0.514. The van der Waals surface area contributed by atoms with E-state index in [0.29, 0.717) is 0 Å². The first-order valence-corrected chi connectivity index (χ1v) is 3.33. The maximum Gasteiger partial charge on any atom is 0.366 e. The summed E-state index contributed by atoms with van der Waals surface area (Å²) in [5.41, 5.74) is 0. The van der Waals surface area contributed by atoms with Crippen LogP contribution in [0.15, 0.2) is 0 Å². The quantitative estimate of drug-likeness (QED) is 0.537. The summed E-state index contributed by atoms with van der Waals surface area (Å²) < 4.78 is 37.9. The van der Waals surface area contributed by atoms with Gasteiger partial charge in [0.2, 0.25) is 0 Å². The van der Waals surface area contributed by atoms with E-state index in [2.05, 4.69) is 4.94 Å². The molecule has 0 aliphatic heterocycles. The molecule has 1 N–H and O–H groups in total. The average Bonchev–Trinajstić information content (AvgIpc) is 1.62. The molecule has 0 atom stereocenters. The van der Waals surface area contributed by atoms with Crippen LogP contribution in [0.5, 0.6) is 0 Å². The summed E-state index contributed by atoms with van der Waals surface area (Å²) in [7, 11) is -4.45. The molecule has 5 nitrogen and oxygen atoms in total. The van der Waals surface area contributed by atoms with Gasteiger partial charge in [-0.3, -0.25) is 9.49 Å². The molecule has 0 rings (SSSR count). The van der Waals surface area contributed by atoms with Crippen LogP contribution in [0.2, 0.25) is 0 Å². The smallest absolute Gasteiger partial charge is 0.285 e. The van der Waals surface area contributed by atoms with Crippen molar-refractivity contribution < 1.29 is 27.2 Å². The molecule has 0 unspecified atom stereocenters. The van der Waals surface area contributed by atoms with Gasteiger partial charge in [-0.25, -0.2) is 4.79 Å².